The van der Waals surface area contributed by atoms with E-state index in [-0.39, 0.29) is 18.5 Å². The Kier molecular flexibility index (Phi) is 5.43. The number of rotatable bonds is 4. The van der Waals surface area contributed by atoms with Crippen LogP contribution in [0.4, 0.5) is 0 Å². The number of benzene rings is 1. The maximum absolute atomic E-state index is 13.0. The van der Waals surface area contributed by atoms with Crippen LogP contribution in [0.1, 0.15) is 51.6 Å². The van der Waals surface area contributed by atoms with Crippen LogP contribution >= 0.6 is 11.6 Å². The molecule has 1 saturated heterocycles. The molecular formula is C16H22ClNO3S. The quantitative estimate of drug-likeness (QED) is 0.845. The van der Waals surface area contributed by atoms with Crippen LogP contribution in [0, 0.1) is 0 Å². The van der Waals surface area contributed by atoms with Gasteiger partial charge in [-0.25, -0.2) is 0 Å². The van der Waals surface area contributed by atoms with Crippen molar-refractivity contribution in [3.8, 4) is 0 Å². The lowest BCUT2D eigenvalue weighted by Gasteiger charge is -2.46. The summed E-state index contributed by atoms with van der Waals surface area (Å²) >= 11 is 4.59. The highest BCUT2D eigenvalue weighted by atomic mass is 35.5. The molecule has 0 aliphatic carbocycles. The third-order valence-electron chi connectivity index (χ3n) is 4.16. The van der Waals surface area contributed by atoms with E-state index in [1.807, 2.05) is 49.3 Å². The van der Waals surface area contributed by atoms with Crippen LogP contribution in [-0.2, 0) is 16.2 Å². The van der Waals surface area contributed by atoms with Gasteiger partial charge in [0.2, 0.25) is 0 Å². The maximum atomic E-state index is 13.0. The fourth-order valence-electron chi connectivity index (χ4n) is 3.05. The third-order valence-corrected chi connectivity index (χ3v) is 6.66. The van der Waals surface area contributed by atoms with Crippen LogP contribution in [-0.4, -0.2) is 30.7 Å². The molecule has 6 heteroatoms. The highest BCUT2D eigenvalue weighted by molar-refractivity contribution is 7.90. The van der Waals surface area contributed by atoms with Gasteiger partial charge in [-0.3, -0.25) is 4.79 Å². The zero-order valence-electron chi connectivity index (χ0n) is 13.1. The first kappa shape index (κ1) is 17.6. The second-order valence-electron chi connectivity index (χ2n) is 6.33. The molecule has 0 bridgehead atoms. The van der Waals surface area contributed by atoms with Crippen molar-refractivity contribution < 1.29 is 14.5 Å². The molecule has 0 spiro atoms. The van der Waals surface area contributed by atoms with Crippen molar-refractivity contribution in [3.63, 3.8) is 0 Å². The molecule has 0 radical (unpaired) electrons. The maximum Gasteiger partial charge on any atom is 0.308 e. The van der Waals surface area contributed by atoms with Gasteiger partial charge in [0.05, 0.1) is 18.5 Å². The van der Waals surface area contributed by atoms with E-state index in [9.17, 15) is 9.35 Å². The van der Waals surface area contributed by atoms with Crippen molar-refractivity contribution in [1.29, 1.82) is 0 Å². The normalized spacial score (nSPS) is 29.7. The molecule has 0 saturated carbocycles. The van der Waals surface area contributed by atoms with E-state index in [1.54, 1.807) is 0 Å². The van der Waals surface area contributed by atoms with Crippen molar-refractivity contribution in [2.75, 3.05) is 0 Å². The summed E-state index contributed by atoms with van der Waals surface area (Å²) in [4.78, 5) is 11.1. The molecule has 1 aromatic carbocycles. The molecule has 4 nitrogen and oxygen atoms in total. The Hall–Kier alpha value is -0.750. The van der Waals surface area contributed by atoms with Gasteiger partial charge < -0.3 is 9.66 Å². The highest BCUT2D eigenvalue weighted by Gasteiger charge is 2.51. The van der Waals surface area contributed by atoms with Gasteiger partial charge in [-0.2, -0.15) is 0 Å². The van der Waals surface area contributed by atoms with Crippen molar-refractivity contribution in [2.24, 2.45) is 0 Å². The average molecular weight is 344 g/mol. The molecule has 1 heterocycles. The van der Waals surface area contributed by atoms with Gasteiger partial charge in [-0.1, -0.05) is 23.7 Å². The number of halogens is 1. The number of carboxylic acids is 1. The van der Waals surface area contributed by atoms with Gasteiger partial charge in [-0.15, -0.1) is 4.31 Å². The molecule has 1 N–H and O–H groups in total. The molecule has 22 heavy (non-hydrogen) atoms. The summed E-state index contributed by atoms with van der Waals surface area (Å²) in [6.07, 6.45) is 1.34. The number of nitrogens with zero attached hydrogens (tertiary/aromatic N) is 1. The SMILES string of the molecule is CC(C)N1C(c2ccc(Cl)cc2)CC[C@](C)(CC(=O)O)[S+]1[O-]. The zero-order valence-corrected chi connectivity index (χ0v) is 14.7. The van der Waals surface area contributed by atoms with Gasteiger partial charge in [0.25, 0.3) is 0 Å². The van der Waals surface area contributed by atoms with E-state index in [4.69, 9.17) is 16.7 Å². The first-order valence-electron chi connectivity index (χ1n) is 7.42. The minimum Gasteiger partial charge on any atom is -0.597 e. The van der Waals surface area contributed by atoms with Crippen LogP contribution in [0.2, 0.25) is 5.02 Å². The molecule has 0 amide bonds. The Morgan fingerprint density at radius 3 is 2.59 bits per heavy atom. The van der Waals surface area contributed by atoms with Crippen molar-refractivity contribution in [3.05, 3.63) is 34.9 Å². The third kappa shape index (κ3) is 3.59. The first-order valence-corrected chi connectivity index (χ1v) is 8.90. The number of hydrogen-bond donors (Lipinski definition) is 1. The summed E-state index contributed by atoms with van der Waals surface area (Å²) in [6.45, 7) is 5.80. The van der Waals surface area contributed by atoms with Crippen LogP contribution in [0.15, 0.2) is 24.3 Å². The van der Waals surface area contributed by atoms with Gasteiger partial charge in [0.1, 0.15) is 0 Å². The van der Waals surface area contributed by atoms with Crippen LogP contribution < -0.4 is 0 Å². The Balaban J connectivity index is 2.31. The first-order chi connectivity index (χ1) is 10.2. The van der Waals surface area contributed by atoms with Crippen LogP contribution in [0.3, 0.4) is 0 Å². The Morgan fingerprint density at radius 2 is 2.09 bits per heavy atom. The van der Waals surface area contributed by atoms with E-state index in [0.29, 0.717) is 11.4 Å². The van der Waals surface area contributed by atoms with Crippen molar-refractivity contribution >= 4 is 28.9 Å². The minimum absolute atomic E-state index is 0.0277. The Morgan fingerprint density at radius 1 is 1.50 bits per heavy atom. The van der Waals surface area contributed by atoms with E-state index in [1.165, 1.54) is 0 Å². The van der Waals surface area contributed by atoms with E-state index < -0.39 is 22.1 Å². The topological polar surface area (TPSA) is 63.6 Å². The number of carboxylic acid groups (broad SMARTS) is 1. The number of aliphatic carboxylic acids is 1. The van der Waals surface area contributed by atoms with E-state index in [2.05, 4.69) is 0 Å². The Labute approximate surface area is 139 Å². The molecule has 122 valence electrons. The summed E-state index contributed by atoms with van der Waals surface area (Å²) in [5.41, 5.74) is 1.07. The van der Waals surface area contributed by atoms with Crippen molar-refractivity contribution in [2.45, 2.75) is 56.9 Å². The summed E-state index contributed by atoms with van der Waals surface area (Å²) in [5, 5.41) is 9.79. The second kappa shape index (κ2) is 6.79. The lowest BCUT2D eigenvalue weighted by Crippen LogP contribution is -2.55. The van der Waals surface area contributed by atoms with Crippen LogP contribution in [0.5, 0.6) is 0 Å². The number of carbonyl (C=O) groups is 1. The van der Waals surface area contributed by atoms with Gasteiger partial charge >= 0.3 is 5.97 Å². The molecule has 2 rings (SSSR count). The lowest BCUT2D eigenvalue weighted by molar-refractivity contribution is -0.137. The molecule has 1 aromatic rings. The molecule has 3 atom stereocenters. The predicted molar refractivity (Wildman–Crippen MR) is 89.2 cm³/mol. The number of hydrogen-bond acceptors (Lipinski definition) is 3. The average Bonchev–Trinajstić information content (AvgIpc) is 2.41. The minimum atomic E-state index is -1.35. The van der Waals surface area contributed by atoms with Gasteiger partial charge in [0.15, 0.2) is 4.75 Å². The van der Waals surface area contributed by atoms with Crippen molar-refractivity contribution in [1.82, 2.24) is 4.31 Å². The van der Waals surface area contributed by atoms with Gasteiger partial charge in [-0.05, 0) is 44.9 Å². The van der Waals surface area contributed by atoms with Gasteiger partial charge in [0, 0.05) is 22.8 Å². The highest BCUT2D eigenvalue weighted by Crippen LogP contribution is 2.44. The van der Waals surface area contributed by atoms with E-state index >= 15 is 0 Å². The standard InChI is InChI=1S/C16H22ClNO3S/c1-11(2)18-14(12-4-6-13(17)7-5-12)8-9-16(3,22(18)21)10-15(19)20/h4-7,11,14H,8-10H2,1-3H3,(H,19,20)/t14?,16-,22?/m1/s1. The molecular weight excluding hydrogens is 322 g/mol. The fraction of sp³-hybridized carbons (Fsp3) is 0.562. The monoisotopic (exact) mass is 343 g/mol. The molecule has 2 unspecified atom stereocenters. The zero-order chi connectivity index (χ0) is 16.5. The fourth-order valence-corrected chi connectivity index (χ4v) is 5.06. The molecule has 0 aromatic heterocycles. The van der Waals surface area contributed by atoms with Crippen LogP contribution in [0.25, 0.3) is 0 Å². The molecule has 1 aliphatic heterocycles. The largest absolute Gasteiger partial charge is 0.597 e. The smallest absolute Gasteiger partial charge is 0.308 e. The molecule has 1 fully saturated rings. The predicted octanol–water partition coefficient (Wildman–Crippen LogP) is 3.78. The summed E-state index contributed by atoms with van der Waals surface area (Å²) < 4.78 is 14.3. The molecule has 1 aliphatic rings. The summed E-state index contributed by atoms with van der Waals surface area (Å²) in [5.74, 6) is -0.899. The second-order valence-corrected chi connectivity index (χ2v) is 8.67. The summed E-state index contributed by atoms with van der Waals surface area (Å²) in [6, 6.07) is 7.68. The lowest BCUT2D eigenvalue weighted by atomic mass is 9.93. The Bertz CT molecular complexity index is 537. The summed E-state index contributed by atoms with van der Waals surface area (Å²) in [7, 11) is 0. The van der Waals surface area contributed by atoms with E-state index in [0.717, 1.165) is 12.0 Å².